The third kappa shape index (κ3) is 1.23. The van der Waals surface area contributed by atoms with Crippen LogP contribution in [-0.2, 0) is 0 Å². The zero-order valence-corrected chi connectivity index (χ0v) is 8.13. The van der Waals surface area contributed by atoms with Crippen molar-refractivity contribution in [2.45, 2.75) is 0 Å². The molecule has 0 aliphatic rings. The quantitative estimate of drug-likeness (QED) is 0.739. The van der Waals surface area contributed by atoms with Gasteiger partial charge in [-0.25, -0.2) is 0 Å². The minimum absolute atomic E-state index is 0.115. The molecular weight excluding hydrogens is 234 g/mol. The third-order valence-corrected chi connectivity index (χ3v) is 2.52. The Morgan fingerprint density at radius 3 is 2.77 bits per heavy atom. The number of halogens is 1. The summed E-state index contributed by atoms with van der Waals surface area (Å²) in [6.07, 6.45) is 1.51. The Hall–Kier alpha value is -1.29. The predicted molar refractivity (Wildman–Crippen MR) is 53.9 cm³/mol. The molecule has 2 N–H and O–H groups in total. The summed E-state index contributed by atoms with van der Waals surface area (Å²) in [5.41, 5.74) is -0.208. The van der Waals surface area contributed by atoms with Crippen LogP contribution in [0.5, 0.6) is 5.75 Å². The Bertz CT molecular complexity index is 518. The summed E-state index contributed by atoms with van der Waals surface area (Å²) < 4.78 is 0.683. The highest BCUT2D eigenvalue weighted by molar-refractivity contribution is 9.10. The minimum atomic E-state index is -0.208. The first kappa shape index (κ1) is 8.31. The van der Waals surface area contributed by atoms with E-state index in [9.17, 15) is 9.90 Å². The lowest BCUT2D eigenvalue weighted by Gasteiger charge is -2.00. The SMILES string of the molecule is O=c1[nH]ccc2c(O)ccc(Br)c12. The van der Waals surface area contributed by atoms with Crippen LogP contribution in [0.15, 0.2) is 33.7 Å². The van der Waals surface area contributed by atoms with Gasteiger partial charge in [-0.2, -0.15) is 0 Å². The molecule has 0 fully saturated rings. The maximum Gasteiger partial charge on any atom is 0.257 e. The first-order chi connectivity index (χ1) is 6.20. The molecule has 4 heteroatoms. The van der Waals surface area contributed by atoms with E-state index in [1.54, 1.807) is 18.2 Å². The molecule has 0 radical (unpaired) electrons. The van der Waals surface area contributed by atoms with Gasteiger partial charge in [-0.3, -0.25) is 4.79 Å². The smallest absolute Gasteiger partial charge is 0.257 e. The number of aromatic nitrogens is 1. The average molecular weight is 240 g/mol. The van der Waals surface area contributed by atoms with E-state index in [4.69, 9.17) is 0 Å². The van der Waals surface area contributed by atoms with Crippen molar-refractivity contribution in [3.8, 4) is 5.75 Å². The van der Waals surface area contributed by atoms with E-state index >= 15 is 0 Å². The summed E-state index contributed by atoms with van der Waals surface area (Å²) in [4.78, 5) is 13.9. The van der Waals surface area contributed by atoms with Gasteiger partial charge >= 0.3 is 0 Å². The van der Waals surface area contributed by atoms with E-state index in [1.807, 2.05) is 0 Å². The highest BCUT2D eigenvalue weighted by atomic mass is 79.9. The fourth-order valence-corrected chi connectivity index (χ4v) is 1.78. The molecule has 1 aromatic carbocycles. The molecule has 1 aromatic heterocycles. The van der Waals surface area contributed by atoms with Crippen molar-refractivity contribution >= 4 is 26.7 Å². The predicted octanol–water partition coefficient (Wildman–Crippen LogP) is 2.00. The number of benzene rings is 1. The molecule has 0 spiro atoms. The molecule has 13 heavy (non-hydrogen) atoms. The van der Waals surface area contributed by atoms with Crippen LogP contribution in [0.4, 0.5) is 0 Å². The summed E-state index contributed by atoms with van der Waals surface area (Å²) in [7, 11) is 0. The van der Waals surface area contributed by atoms with E-state index < -0.39 is 0 Å². The van der Waals surface area contributed by atoms with Crippen LogP contribution in [0, 0.1) is 0 Å². The summed E-state index contributed by atoms with van der Waals surface area (Å²) in [5.74, 6) is 0.115. The number of hydrogen-bond donors (Lipinski definition) is 2. The Morgan fingerprint density at radius 2 is 2.08 bits per heavy atom. The van der Waals surface area contributed by atoms with Crippen molar-refractivity contribution < 1.29 is 5.11 Å². The minimum Gasteiger partial charge on any atom is -0.507 e. The third-order valence-electron chi connectivity index (χ3n) is 1.86. The van der Waals surface area contributed by atoms with Gasteiger partial charge < -0.3 is 10.1 Å². The monoisotopic (exact) mass is 239 g/mol. The first-order valence-corrected chi connectivity index (χ1v) is 4.48. The summed E-state index contributed by atoms with van der Waals surface area (Å²) in [6.45, 7) is 0. The van der Waals surface area contributed by atoms with E-state index in [0.717, 1.165) is 0 Å². The molecule has 0 aliphatic carbocycles. The molecule has 2 rings (SSSR count). The highest BCUT2D eigenvalue weighted by Gasteiger charge is 2.05. The Kier molecular flexibility index (Phi) is 1.84. The molecule has 0 saturated carbocycles. The van der Waals surface area contributed by atoms with Crippen LogP contribution in [0.25, 0.3) is 10.8 Å². The second kappa shape index (κ2) is 2.88. The number of aromatic amines is 1. The standard InChI is InChI=1S/C9H6BrNO2/c10-6-1-2-7(12)5-3-4-11-9(13)8(5)6/h1-4,12H,(H,11,13). The lowest BCUT2D eigenvalue weighted by atomic mass is 10.1. The molecule has 0 saturated heterocycles. The van der Waals surface area contributed by atoms with Crippen LogP contribution in [-0.4, -0.2) is 10.1 Å². The normalized spacial score (nSPS) is 10.5. The molecule has 0 amide bonds. The van der Waals surface area contributed by atoms with Gasteiger partial charge in [0.15, 0.2) is 0 Å². The Morgan fingerprint density at radius 1 is 1.31 bits per heavy atom. The number of hydrogen-bond acceptors (Lipinski definition) is 2. The fraction of sp³-hybridized carbons (Fsp3) is 0. The second-order valence-corrected chi connectivity index (χ2v) is 3.52. The summed E-state index contributed by atoms with van der Waals surface area (Å²) in [5, 5.41) is 10.5. The van der Waals surface area contributed by atoms with Crippen molar-refractivity contribution in [3.63, 3.8) is 0 Å². The average Bonchev–Trinajstić information content (AvgIpc) is 2.12. The number of aromatic hydroxyl groups is 1. The van der Waals surface area contributed by atoms with Gasteiger partial charge in [0.2, 0.25) is 0 Å². The van der Waals surface area contributed by atoms with Crippen molar-refractivity contribution in [2.75, 3.05) is 0 Å². The maximum absolute atomic E-state index is 11.4. The Labute approximate surface area is 82.2 Å². The topological polar surface area (TPSA) is 53.1 Å². The first-order valence-electron chi connectivity index (χ1n) is 3.69. The van der Waals surface area contributed by atoms with Crippen LogP contribution >= 0.6 is 15.9 Å². The van der Waals surface area contributed by atoms with E-state index in [-0.39, 0.29) is 11.3 Å². The fourth-order valence-electron chi connectivity index (χ4n) is 1.25. The number of phenolic OH excluding ortho intramolecular Hbond substituents is 1. The highest BCUT2D eigenvalue weighted by Crippen LogP contribution is 2.27. The lowest BCUT2D eigenvalue weighted by molar-refractivity contribution is 0.481. The van der Waals surface area contributed by atoms with Gasteiger partial charge in [-0.15, -0.1) is 0 Å². The summed E-state index contributed by atoms with van der Waals surface area (Å²) in [6, 6.07) is 4.86. The molecule has 0 unspecified atom stereocenters. The van der Waals surface area contributed by atoms with Crippen molar-refractivity contribution in [2.24, 2.45) is 0 Å². The zero-order valence-electron chi connectivity index (χ0n) is 6.54. The van der Waals surface area contributed by atoms with Gasteiger partial charge in [0.05, 0.1) is 5.39 Å². The van der Waals surface area contributed by atoms with Crippen LogP contribution < -0.4 is 5.56 Å². The number of rotatable bonds is 0. The Balaban J connectivity index is 3.09. The molecule has 0 atom stereocenters. The van der Waals surface area contributed by atoms with E-state index in [1.165, 1.54) is 6.20 Å². The van der Waals surface area contributed by atoms with Crippen LogP contribution in [0.1, 0.15) is 0 Å². The molecule has 0 bridgehead atoms. The van der Waals surface area contributed by atoms with Gasteiger partial charge in [-0.1, -0.05) is 0 Å². The molecular formula is C9H6BrNO2. The number of pyridine rings is 1. The maximum atomic E-state index is 11.4. The summed E-state index contributed by atoms with van der Waals surface area (Å²) >= 11 is 3.25. The van der Waals surface area contributed by atoms with Gasteiger partial charge in [0.1, 0.15) is 5.75 Å². The van der Waals surface area contributed by atoms with Gasteiger partial charge in [0, 0.05) is 16.1 Å². The van der Waals surface area contributed by atoms with Crippen LogP contribution in [0.3, 0.4) is 0 Å². The lowest BCUT2D eigenvalue weighted by Crippen LogP contribution is -2.04. The number of phenols is 1. The molecule has 3 nitrogen and oxygen atoms in total. The number of H-pyrrole nitrogens is 1. The van der Waals surface area contributed by atoms with Crippen molar-refractivity contribution in [3.05, 3.63) is 39.2 Å². The van der Waals surface area contributed by atoms with Crippen molar-refractivity contribution in [1.82, 2.24) is 4.98 Å². The van der Waals surface area contributed by atoms with E-state index in [0.29, 0.717) is 15.2 Å². The van der Waals surface area contributed by atoms with Crippen LogP contribution in [0.2, 0.25) is 0 Å². The van der Waals surface area contributed by atoms with E-state index in [2.05, 4.69) is 20.9 Å². The molecule has 1 heterocycles. The van der Waals surface area contributed by atoms with Gasteiger partial charge in [0.25, 0.3) is 5.56 Å². The zero-order chi connectivity index (χ0) is 9.42. The second-order valence-electron chi connectivity index (χ2n) is 2.66. The largest absolute Gasteiger partial charge is 0.507 e. The number of nitrogens with one attached hydrogen (secondary N) is 1. The molecule has 66 valence electrons. The van der Waals surface area contributed by atoms with Crippen molar-refractivity contribution in [1.29, 1.82) is 0 Å². The van der Waals surface area contributed by atoms with Gasteiger partial charge in [-0.05, 0) is 34.1 Å². The number of fused-ring (bicyclic) bond motifs is 1. The molecule has 2 aromatic rings. The molecule has 0 aliphatic heterocycles.